The molecule has 3 unspecified atom stereocenters. The Labute approximate surface area is 155 Å². The second kappa shape index (κ2) is 6.90. The lowest BCUT2D eigenvalue weighted by molar-refractivity contribution is -0.138. The maximum atomic E-state index is 12.8. The van der Waals surface area contributed by atoms with Gasteiger partial charge in [0.15, 0.2) is 0 Å². The van der Waals surface area contributed by atoms with Crippen LogP contribution in [0.3, 0.4) is 0 Å². The van der Waals surface area contributed by atoms with E-state index in [1.807, 2.05) is 13.0 Å². The molecule has 3 atom stereocenters. The monoisotopic (exact) mass is 352 g/mol. The normalized spacial score (nSPS) is 33.1. The molecule has 2 saturated carbocycles. The zero-order chi connectivity index (χ0) is 18.3. The van der Waals surface area contributed by atoms with Gasteiger partial charge in [0.1, 0.15) is 11.9 Å². The van der Waals surface area contributed by atoms with Crippen LogP contribution in [0.25, 0.3) is 0 Å². The molecule has 0 bridgehead atoms. The van der Waals surface area contributed by atoms with E-state index in [0.29, 0.717) is 35.3 Å². The van der Waals surface area contributed by atoms with Crippen LogP contribution in [-0.2, 0) is 4.79 Å². The maximum Gasteiger partial charge on any atom is 0.225 e. The van der Waals surface area contributed by atoms with E-state index in [0.717, 1.165) is 43.7 Å². The van der Waals surface area contributed by atoms with Gasteiger partial charge >= 0.3 is 0 Å². The minimum atomic E-state index is 0.277. The molecule has 2 heterocycles. The molecule has 1 aromatic heterocycles. The number of aryl methyl sites for hydroxylation is 1. The van der Waals surface area contributed by atoms with Gasteiger partial charge in [-0.1, -0.05) is 13.3 Å². The lowest BCUT2D eigenvalue weighted by Gasteiger charge is -2.35. The van der Waals surface area contributed by atoms with Gasteiger partial charge in [-0.25, -0.2) is 4.98 Å². The van der Waals surface area contributed by atoms with Gasteiger partial charge in [-0.2, -0.15) is 5.26 Å². The molecule has 0 radical (unpaired) electrons. The van der Waals surface area contributed by atoms with Crippen molar-refractivity contribution in [3.8, 4) is 6.07 Å². The number of fused-ring (bicyclic) bond motifs is 1. The van der Waals surface area contributed by atoms with Gasteiger partial charge < -0.3 is 10.2 Å². The number of nitrogens with one attached hydrogen (secondary N) is 1. The average Bonchev–Trinajstić information content (AvgIpc) is 3.04. The fraction of sp³-hybridized carbons (Fsp3) is 0.667. The Balaban J connectivity index is 1.43. The lowest BCUT2D eigenvalue weighted by atomic mass is 9.75. The fourth-order valence-corrected chi connectivity index (χ4v) is 5.14. The standard InChI is InChI=1S/C21H28N4O/c1-13-6-16(7-13)21(26)25-11-15-4-3-5-19(18(15)12-25)24-20-8-14(2)17(9-22)10-23-20/h8,10,13,15-16,18-19H,3-7,11-12H2,1-2H3,(H,23,24). The zero-order valence-electron chi connectivity index (χ0n) is 15.7. The molecule has 4 rings (SSSR count). The van der Waals surface area contributed by atoms with E-state index in [4.69, 9.17) is 5.26 Å². The van der Waals surface area contributed by atoms with Crippen LogP contribution in [0.15, 0.2) is 12.3 Å². The van der Waals surface area contributed by atoms with Crippen LogP contribution in [0.5, 0.6) is 0 Å². The number of rotatable bonds is 3. The lowest BCUT2D eigenvalue weighted by Crippen LogP contribution is -2.41. The van der Waals surface area contributed by atoms with Crippen molar-refractivity contribution in [1.82, 2.24) is 9.88 Å². The van der Waals surface area contributed by atoms with Crippen LogP contribution in [-0.4, -0.2) is 34.9 Å². The predicted octanol–water partition coefficient (Wildman–Crippen LogP) is 3.35. The van der Waals surface area contributed by atoms with E-state index in [1.54, 1.807) is 6.20 Å². The van der Waals surface area contributed by atoms with Gasteiger partial charge in [0.25, 0.3) is 0 Å². The summed E-state index contributed by atoms with van der Waals surface area (Å²) in [5.74, 6) is 3.37. The van der Waals surface area contributed by atoms with Crippen LogP contribution in [0, 0.1) is 41.9 Å². The maximum absolute atomic E-state index is 12.8. The minimum Gasteiger partial charge on any atom is -0.367 e. The second-order valence-electron chi connectivity index (χ2n) is 8.62. The van der Waals surface area contributed by atoms with Crippen molar-refractivity contribution in [2.75, 3.05) is 18.4 Å². The number of nitrogens with zero attached hydrogens (tertiary/aromatic N) is 3. The van der Waals surface area contributed by atoms with E-state index in [2.05, 4.69) is 28.2 Å². The number of anilines is 1. The smallest absolute Gasteiger partial charge is 0.225 e. The summed E-state index contributed by atoms with van der Waals surface area (Å²) in [4.78, 5) is 19.3. The summed E-state index contributed by atoms with van der Waals surface area (Å²) in [6, 6.07) is 4.51. The summed E-state index contributed by atoms with van der Waals surface area (Å²) in [7, 11) is 0. The summed E-state index contributed by atoms with van der Waals surface area (Å²) in [5.41, 5.74) is 1.59. The third kappa shape index (κ3) is 3.18. The number of nitriles is 1. The molecule has 3 aliphatic rings. The summed E-state index contributed by atoms with van der Waals surface area (Å²) < 4.78 is 0. The highest BCUT2D eigenvalue weighted by Gasteiger charge is 2.44. The van der Waals surface area contributed by atoms with E-state index in [1.165, 1.54) is 12.8 Å². The van der Waals surface area contributed by atoms with E-state index in [9.17, 15) is 4.79 Å². The van der Waals surface area contributed by atoms with Crippen LogP contribution < -0.4 is 5.32 Å². The molecule has 0 aromatic carbocycles. The Morgan fingerprint density at radius 2 is 2.15 bits per heavy atom. The average molecular weight is 352 g/mol. The zero-order valence-corrected chi connectivity index (χ0v) is 15.7. The molecular weight excluding hydrogens is 324 g/mol. The van der Waals surface area contributed by atoms with E-state index < -0.39 is 0 Å². The summed E-state index contributed by atoms with van der Waals surface area (Å²) in [5, 5.41) is 12.7. The highest BCUT2D eigenvalue weighted by atomic mass is 16.2. The third-order valence-corrected chi connectivity index (χ3v) is 6.70. The van der Waals surface area contributed by atoms with Gasteiger partial charge in [0.05, 0.1) is 5.56 Å². The molecule has 138 valence electrons. The van der Waals surface area contributed by atoms with E-state index >= 15 is 0 Å². The Hall–Kier alpha value is -2.09. The van der Waals surface area contributed by atoms with Gasteiger partial charge in [-0.15, -0.1) is 0 Å². The fourth-order valence-electron chi connectivity index (χ4n) is 5.14. The number of hydrogen-bond acceptors (Lipinski definition) is 4. The number of aromatic nitrogens is 1. The van der Waals surface area contributed by atoms with Crippen LogP contribution in [0.4, 0.5) is 5.82 Å². The molecule has 1 N–H and O–H groups in total. The Bertz CT molecular complexity index is 734. The van der Waals surface area contributed by atoms with Gasteiger partial charge in [0, 0.05) is 37.2 Å². The number of likely N-dealkylation sites (tertiary alicyclic amines) is 1. The summed E-state index contributed by atoms with van der Waals surface area (Å²) in [6.45, 7) is 6.01. The highest BCUT2D eigenvalue weighted by molar-refractivity contribution is 5.80. The molecule has 1 aromatic rings. The first-order valence-electron chi connectivity index (χ1n) is 9.97. The van der Waals surface area contributed by atoms with E-state index in [-0.39, 0.29) is 5.92 Å². The topological polar surface area (TPSA) is 69.0 Å². The Morgan fingerprint density at radius 3 is 2.85 bits per heavy atom. The first kappa shape index (κ1) is 17.3. The van der Waals surface area contributed by atoms with Gasteiger partial charge in [-0.3, -0.25) is 4.79 Å². The highest BCUT2D eigenvalue weighted by Crippen LogP contribution is 2.41. The molecule has 1 aliphatic heterocycles. The molecule has 1 amide bonds. The number of hydrogen-bond donors (Lipinski definition) is 1. The van der Waals surface area contributed by atoms with Crippen molar-refractivity contribution in [2.24, 2.45) is 23.7 Å². The van der Waals surface area contributed by atoms with Gasteiger partial charge in [-0.05, 0) is 56.1 Å². The number of pyridine rings is 1. The van der Waals surface area contributed by atoms with Crippen LogP contribution in [0.2, 0.25) is 0 Å². The molecule has 2 aliphatic carbocycles. The second-order valence-corrected chi connectivity index (χ2v) is 8.62. The summed E-state index contributed by atoms with van der Waals surface area (Å²) in [6.07, 6.45) is 7.36. The molecule has 5 heteroatoms. The van der Waals surface area contributed by atoms with Crippen molar-refractivity contribution < 1.29 is 4.79 Å². The SMILES string of the molecule is Cc1cc(NC2CCCC3CN(C(=O)C4CC(C)C4)CC32)ncc1C#N. The first-order chi connectivity index (χ1) is 12.5. The van der Waals surface area contributed by atoms with Crippen molar-refractivity contribution in [1.29, 1.82) is 5.26 Å². The predicted molar refractivity (Wildman–Crippen MR) is 100 cm³/mol. The number of carbonyl (C=O) groups excluding carboxylic acids is 1. The molecule has 1 saturated heterocycles. The third-order valence-electron chi connectivity index (χ3n) is 6.70. The van der Waals surface area contributed by atoms with Crippen LogP contribution >= 0.6 is 0 Å². The molecule has 26 heavy (non-hydrogen) atoms. The first-order valence-corrected chi connectivity index (χ1v) is 9.97. The number of carbonyl (C=O) groups is 1. The van der Waals surface area contributed by atoms with Gasteiger partial charge in [0.2, 0.25) is 5.91 Å². The van der Waals surface area contributed by atoms with Crippen molar-refractivity contribution in [3.05, 3.63) is 23.4 Å². The minimum absolute atomic E-state index is 0.277. The van der Waals surface area contributed by atoms with Crippen molar-refractivity contribution in [3.63, 3.8) is 0 Å². The van der Waals surface area contributed by atoms with Crippen molar-refractivity contribution in [2.45, 2.75) is 52.0 Å². The quantitative estimate of drug-likeness (QED) is 0.906. The van der Waals surface area contributed by atoms with Crippen LogP contribution in [0.1, 0.15) is 50.2 Å². The largest absolute Gasteiger partial charge is 0.367 e. The summed E-state index contributed by atoms with van der Waals surface area (Å²) >= 11 is 0. The molecular formula is C21H28N4O. The van der Waals surface area contributed by atoms with Crippen molar-refractivity contribution >= 4 is 11.7 Å². The Kier molecular flexibility index (Phi) is 4.60. The molecule has 5 nitrogen and oxygen atoms in total. The number of amides is 1. The molecule has 3 fully saturated rings. The molecule has 0 spiro atoms. The Morgan fingerprint density at radius 1 is 1.35 bits per heavy atom.